The molecular formula is C18H17N5O2. The summed E-state index contributed by atoms with van der Waals surface area (Å²) in [6.07, 6.45) is 1.42. The lowest BCUT2D eigenvalue weighted by atomic mass is 10.1. The van der Waals surface area contributed by atoms with Crippen LogP contribution in [0.3, 0.4) is 0 Å². The van der Waals surface area contributed by atoms with Crippen LogP contribution in [0.5, 0.6) is 0 Å². The third-order valence-electron chi connectivity index (χ3n) is 4.23. The number of aromatic nitrogens is 3. The summed E-state index contributed by atoms with van der Waals surface area (Å²) in [6.45, 7) is 0.702. The average molecular weight is 335 g/mol. The van der Waals surface area contributed by atoms with Crippen molar-refractivity contribution in [2.45, 2.75) is 12.8 Å². The number of hydrogen-bond donors (Lipinski definition) is 1. The van der Waals surface area contributed by atoms with E-state index in [2.05, 4.69) is 15.5 Å². The first-order valence-electron chi connectivity index (χ1n) is 8.13. The van der Waals surface area contributed by atoms with Crippen LogP contribution in [0.2, 0.25) is 0 Å². The fourth-order valence-corrected chi connectivity index (χ4v) is 3.04. The number of nitrogens with zero attached hydrogens (tertiary/aromatic N) is 4. The van der Waals surface area contributed by atoms with Gasteiger partial charge in [-0.3, -0.25) is 9.59 Å². The minimum atomic E-state index is -0.225. The van der Waals surface area contributed by atoms with Crippen LogP contribution >= 0.6 is 0 Å². The summed E-state index contributed by atoms with van der Waals surface area (Å²) in [6, 6.07) is 12.5. The Balaban J connectivity index is 1.56. The number of carbonyl (C=O) groups excluding carboxylic acids is 2. The molecule has 0 unspecified atom stereocenters. The molecule has 1 saturated heterocycles. The quantitative estimate of drug-likeness (QED) is 0.797. The van der Waals surface area contributed by atoms with Crippen molar-refractivity contribution < 1.29 is 9.59 Å². The van der Waals surface area contributed by atoms with Gasteiger partial charge in [-0.05, 0) is 42.8 Å². The Bertz CT molecular complexity index is 979. The zero-order valence-electron chi connectivity index (χ0n) is 13.8. The summed E-state index contributed by atoms with van der Waals surface area (Å²) < 4.78 is 0. The molecule has 1 N–H and O–H groups in total. The highest BCUT2D eigenvalue weighted by Crippen LogP contribution is 2.23. The van der Waals surface area contributed by atoms with E-state index in [1.807, 2.05) is 12.1 Å². The van der Waals surface area contributed by atoms with E-state index in [1.165, 1.54) is 4.80 Å². The maximum atomic E-state index is 12.5. The van der Waals surface area contributed by atoms with E-state index in [0.29, 0.717) is 24.2 Å². The number of hydrogen-bond acceptors (Lipinski definition) is 4. The molecule has 1 aromatic heterocycles. The van der Waals surface area contributed by atoms with Gasteiger partial charge in [0.2, 0.25) is 5.91 Å². The highest BCUT2D eigenvalue weighted by atomic mass is 16.2. The summed E-state index contributed by atoms with van der Waals surface area (Å²) in [5, 5.41) is 11.3. The van der Waals surface area contributed by atoms with E-state index in [9.17, 15) is 9.59 Å². The minimum absolute atomic E-state index is 0.102. The molecule has 2 aromatic carbocycles. The molecule has 0 radical (unpaired) electrons. The van der Waals surface area contributed by atoms with Crippen molar-refractivity contribution in [3.05, 3.63) is 48.0 Å². The molecule has 126 valence electrons. The number of aryl methyl sites for hydroxylation is 1. The Morgan fingerprint density at radius 1 is 1.12 bits per heavy atom. The average Bonchev–Trinajstić information content (AvgIpc) is 3.19. The molecule has 0 aliphatic carbocycles. The van der Waals surface area contributed by atoms with Crippen LogP contribution in [0.25, 0.3) is 11.0 Å². The van der Waals surface area contributed by atoms with Gasteiger partial charge in [0.1, 0.15) is 11.0 Å². The number of rotatable bonds is 3. The lowest BCUT2D eigenvalue weighted by molar-refractivity contribution is -0.117. The van der Waals surface area contributed by atoms with E-state index in [-0.39, 0.29) is 11.8 Å². The monoisotopic (exact) mass is 335 g/mol. The number of amides is 2. The Morgan fingerprint density at radius 2 is 1.96 bits per heavy atom. The SMILES string of the molecule is Cn1nc2ccc(NC(=O)c3cccc(N4CCCC4=O)c3)cc2n1. The van der Waals surface area contributed by atoms with Gasteiger partial charge in [0.15, 0.2) is 0 Å². The van der Waals surface area contributed by atoms with Crippen molar-refractivity contribution in [3.8, 4) is 0 Å². The van der Waals surface area contributed by atoms with Gasteiger partial charge in [0, 0.05) is 37.0 Å². The fourth-order valence-electron chi connectivity index (χ4n) is 3.04. The van der Waals surface area contributed by atoms with Crippen molar-refractivity contribution in [2.24, 2.45) is 7.05 Å². The minimum Gasteiger partial charge on any atom is -0.322 e. The summed E-state index contributed by atoms with van der Waals surface area (Å²) in [5.74, 6) is -0.123. The standard InChI is InChI=1S/C18H17N5O2/c1-22-20-15-8-7-13(11-16(15)21-22)19-18(25)12-4-2-5-14(10-12)23-9-3-6-17(23)24/h2,4-5,7-8,10-11H,3,6,9H2,1H3,(H,19,25). The van der Waals surface area contributed by atoms with Gasteiger partial charge < -0.3 is 10.2 Å². The first-order chi connectivity index (χ1) is 12.1. The Hall–Kier alpha value is -3.22. The van der Waals surface area contributed by atoms with Gasteiger partial charge in [-0.15, -0.1) is 0 Å². The first kappa shape index (κ1) is 15.3. The lowest BCUT2D eigenvalue weighted by Gasteiger charge is -2.16. The molecule has 0 saturated carbocycles. The highest BCUT2D eigenvalue weighted by Gasteiger charge is 2.22. The predicted octanol–water partition coefficient (Wildman–Crippen LogP) is 2.35. The molecule has 7 nitrogen and oxygen atoms in total. The third-order valence-corrected chi connectivity index (χ3v) is 4.23. The lowest BCUT2D eigenvalue weighted by Crippen LogP contribution is -2.24. The van der Waals surface area contributed by atoms with E-state index in [0.717, 1.165) is 23.1 Å². The number of anilines is 2. The third kappa shape index (κ3) is 2.96. The maximum absolute atomic E-state index is 12.5. The van der Waals surface area contributed by atoms with Gasteiger partial charge in [-0.1, -0.05) is 6.07 Å². The predicted molar refractivity (Wildman–Crippen MR) is 94.5 cm³/mol. The van der Waals surface area contributed by atoms with Gasteiger partial charge >= 0.3 is 0 Å². The molecule has 1 fully saturated rings. The van der Waals surface area contributed by atoms with Crippen LogP contribution in [0, 0.1) is 0 Å². The van der Waals surface area contributed by atoms with E-state index >= 15 is 0 Å². The highest BCUT2D eigenvalue weighted by molar-refractivity contribution is 6.06. The van der Waals surface area contributed by atoms with Crippen LogP contribution in [-0.2, 0) is 11.8 Å². The molecular weight excluding hydrogens is 318 g/mol. The van der Waals surface area contributed by atoms with Crippen molar-refractivity contribution in [1.29, 1.82) is 0 Å². The maximum Gasteiger partial charge on any atom is 0.255 e. The zero-order chi connectivity index (χ0) is 17.4. The van der Waals surface area contributed by atoms with Crippen LogP contribution in [-0.4, -0.2) is 33.4 Å². The molecule has 2 amide bonds. The number of fused-ring (bicyclic) bond motifs is 1. The van der Waals surface area contributed by atoms with Crippen LogP contribution in [0.15, 0.2) is 42.5 Å². The second-order valence-electron chi connectivity index (χ2n) is 6.05. The molecule has 25 heavy (non-hydrogen) atoms. The first-order valence-corrected chi connectivity index (χ1v) is 8.13. The molecule has 1 aliphatic rings. The Kier molecular flexibility index (Phi) is 3.68. The number of benzene rings is 2. The van der Waals surface area contributed by atoms with E-state index in [4.69, 9.17) is 0 Å². The van der Waals surface area contributed by atoms with Crippen LogP contribution in [0.4, 0.5) is 11.4 Å². The van der Waals surface area contributed by atoms with Crippen molar-refractivity contribution in [3.63, 3.8) is 0 Å². The largest absolute Gasteiger partial charge is 0.322 e. The molecule has 7 heteroatoms. The zero-order valence-corrected chi connectivity index (χ0v) is 13.8. The molecule has 1 aliphatic heterocycles. The molecule has 0 atom stereocenters. The number of carbonyl (C=O) groups is 2. The summed E-state index contributed by atoms with van der Waals surface area (Å²) in [4.78, 5) is 27.6. The summed E-state index contributed by atoms with van der Waals surface area (Å²) in [7, 11) is 1.75. The van der Waals surface area contributed by atoms with Crippen molar-refractivity contribution in [1.82, 2.24) is 15.0 Å². The van der Waals surface area contributed by atoms with Gasteiger partial charge in [-0.2, -0.15) is 15.0 Å². The van der Waals surface area contributed by atoms with Crippen molar-refractivity contribution in [2.75, 3.05) is 16.8 Å². The van der Waals surface area contributed by atoms with Gasteiger partial charge in [-0.25, -0.2) is 0 Å². The van der Waals surface area contributed by atoms with E-state index < -0.39 is 0 Å². The van der Waals surface area contributed by atoms with Crippen LogP contribution in [0.1, 0.15) is 23.2 Å². The molecule has 0 spiro atoms. The Labute approximate surface area is 144 Å². The Morgan fingerprint density at radius 3 is 2.76 bits per heavy atom. The topological polar surface area (TPSA) is 80.1 Å². The van der Waals surface area contributed by atoms with E-state index in [1.54, 1.807) is 42.3 Å². The van der Waals surface area contributed by atoms with Gasteiger partial charge in [0.25, 0.3) is 5.91 Å². The molecule has 3 aromatic rings. The fraction of sp³-hybridized carbons (Fsp3) is 0.222. The number of nitrogens with one attached hydrogen (secondary N) is 1. The molecule has 0 bridgehead atoms. The smallest absolute Gasteiger partial charge is 0.255 e. The van der Waals surface area contributed by atoms with Crippen LogP contribution < -0.4 is 10.2 Å². The van der Waals surface area contributed by atoms with Gasteiger partial charge in [0.05, 0.1) is 0 Å². The summed E-state index contributed by atoms with van der Waals surface area (Å²) in [5.41, 5.74) is 3.42. The molecule has 4 rings (SSSR count). The second-order valence-corrected chi connectivity index (χ2v) is 6.05. The second kappa shape index (κ2) is 6.01. The van der Waals surface area contributed by atoms with Crippen molar-refractivity contribution >= 4 is 34.2 Å². The summed E-state index contributed by atoms with van der Waals surface area (Å²) >= 11 is 0. The normalized spacial score (nSPS) is 14.3. The molecule has 2 heterocycles.